The van der Waals surface area contributed by atoms with Gasteiger partial charge in [-0.25, -0.2) is 0 Å². The lowest BCUT2D eigenvalue weighted by molar-refractivity contribution is -0.129. The molecule has 1 aromatic carbocycles. The summed E-state index contributed by atoms with van der Waals surface area (Å²) in [5.74, 6) is -0.0108. The summed E-state index contributed by atoms with van der Waals surface area (Å²) < 4.78 is 1.92. The normalized spacial score (nSPS) is 23.6. The van der Waals surface area contributed by atoms with Gasteiger partial charge in [-0.05, 0) is 30.4 Å². The number of thioether (sulfide) groups is 1. The Morgan fingerprint density at radius 2 is 1.96 bits per heavy atom. The fourth-order valence-corrected chi connectivity index (χ4v) is 4.72. The minimum atomic E-state index is -0.218. The topological polar surface area (TPSA) is 71.4 Å². The first-order valence-corrected chi connectivity index (χ1v) is 9.94. The highest BCUT2D eigenvalue weighted by Crippen LogP contribution is 2.30. The number of aromatic nitrogens is 1. The predicted octanol–water partition coefficient (Wildman–Crippen LogP) is 2.76. The van der Waals surface area contributed by atoms with E-state index in [-0.39, 0.29) is 41.4 Å². The fraction of sp³-hybridized carbons (Fsp3) is 0.421. The van der Waals surface area contributed by atoms with Crippen molar-refractivity contribution in [1.82, 2.24) is 14.8 Å². The first kappa shape index (κ1) is 17.1. The van der Waals surface area contributed by atoms with Gasteiger partial charge in [-0.15, -0.1) is 0 Å². The van der Waals surface area contributed by atoms with E-state index in [2.05, 4.69) is 5.32 Å². The van der Waals surface area contributed by atoms with Crippen LogP contribution in [0.4, 0.5) is 4.79 Å². The molecule has 7 heteroatoms. The van der Waals surface area contributed by atoms with Gasteiger partial charge in [0.15, 0.2) is 0 Å². The number of carbonyl (C=O) groups excluding carboxylic acids is 3. The molecule has 1 saturated heterocycles. The van der Waals surface area contributed by atoms with Gasteiger partial charge in [-0.2, -0.15) is 0 Å². The standard InChI is InChI=1S/C19H21N3O3S/c23-17(11-21-10-9-13-5-1-3-7-15(13)21)20-14-6-2-4-8-16(14)22-18(24)12-26-19(22)25/h1,3,5,7,9-10,14,16H,2,4,6,8,11-12H2,(H,20,23)/t14-,16-/m0/s1. The Kier molecular flexibility index (Phi) is 4.72. The lowest BCUT2D eigenvalue weighted by atomic mass is 9.89. The van der Waals surface area contributed by atoms with Crippen molar-refractivity contribution in [2.75, 3.05) is 5.75 Å². The van der Waals surface area contributed by atoms with Crippen molar-refractivity contribution in [2.45, 2.75) is 44.3 Å². The number of rotatable bonds is 4. The average molecular weight is 371 g/mol. The summed E-state index contributed by atoms with van der Waals surface area (Å²) in [5, 5.41) is 3.99. The first-order valence-electron chi connectivity index (χ1n) is 8.95. The molecular formula is C19H21N3O3S. The summed E-state index contributed by atoms with van der Waals surface area (Å²) in [6, 6.07) is 9.55. The number of nitrogens with one attached hydrogen (secondary N) is 1. The Morgan fingerprint density at radius 1 is 1.15 bits per heavy atom. The second kappa shape index (κ2) is 7.15. The van der Waals surface area contributed by atoms with Crippen LogP contribution >= 0.6 is 11.8 Å². The Balaban J connectivity index is 1.47. The number of amides is 3. The second-order valence-corrected chi connectivity index (χ2v) is 7.77. The maximum atomic E-state index is 12.6. The lowest BCUT2D eigenvalue weighted by Gasteiger charge is -2.36. The van der Waals surface area contributed by atoms with E-state index in [1.54, 1.807) is 0 Å². The SMILES string of the molecule is O=C(Cn1ccc2ccccc21)N[C@H]1CCCC[C@@H]1N1C(=O)CSC1=O. The van der Waals surface area contributed by atoms with E-state index in [1.165, 1.54) is 4.90 Å². The Labute approximate surface area is 155 Å². The number of imide groups is 1. The molecule has 1 aliphatic carbocycles. The molecule has 2 fully saturated rings. The highest BCUT2D eigenvalue weighted by atomic mass is 32.2. The van der Waals surface area contributed by atoms with Crippen molar-refractivity contribution >= 4 is 39.7 Å². The van der Waals surface area contributed by atoms with Crippen LogP contribution in [0.2, 0.25) is 0 Å². The second-order valence-electron chi connectivity index (χ2n) is 6.85. The van der Waals surface area contributed by atoms with Crippen LogP contribution in [0.25, 0.3) is 10.9 Å². The Hall–Kier alpha value is -2.28. The maximum Gasteiger partial charge on any atom is 0.289 e. The fourth-order valence-electron chi connectivity index (χ4n) is 3.96. The molecule has 2 aromatic rings. The van der Waals surface area contributed by atoms with Crippen LogP contribution in [-0.2, 0) is 16.1 Å². The smallest absolute Gasteiger partial charge is 0.289 e. The zero-order chi connectivity index (χ0) is 18.1. The zero-order valence-corrected chi connectivity index (χ0v) is 15.2. The third kappa shape index (κ3) is 3.23. The van der Waals surface area contributed by atoms with E-state index >= 15 is 0 Å². The summed E-state index contributed by atoms with van der Waals surface area (Å²) >= 11 is 1.05. The number of benzene rings is 1. The summed E-state index contributed by atoms with van der Waals surface area (Å²) in [5.41, 5.74) is 1.02. The molecule has 1 saturated carbocycles. The van der Waals surface area contributed by atoms with E-state index in [4.69, 9.17) is 0 Å². The molecule has 2 atom stereocenters. The average Bonchev–Trinajstić information content (AvgIpc) is 3.19. The van der Waals surface area contributed by atoms with Crippen LogP contribution in [0.1, 0.15) is 25.7 Å². The predicted molar refractivity (Wildman–Crippen MR) is 101 cm³/mol. The quantitative estimate of drug-likeness (QED) is 0.897. The molecule has 4 rings (SSSR count). The van der Waals surface area contributed by atoms with Crippen LogP contribution in [0.5, 0.6) is 0 Å². The van der Waals surface area contributed by atoms with Crippen molar-refractivity contribution in [3.05, 3.63) is 36.5 Å². The van der Waals surface area contributed by atoms with Crippen LogP contribution in [0.15, 0.2) is 36.5 Å². The molecule has 136 valence electrons. The minimum absolute atomic E-state index is 0.0880. The molecule has 2 aliphatic rings. The first-order chi connectivity index (χ1) is 12.6. The maximum absolute atomic E-state index is 12.6. The van der Waals surface area contributed by atoms with Gasteiger partial charge in [0.1, 0.15) is 6.54 Å². The summed E-state index contributed by atoms with van der Waals surface area (Å²) in [6.07, 6.45) is 5.44. The molecule has 0 spiro atoms. The molecular weight excluding hydrogens is 350 g/mol. The van der Waals surface area contributed by atoms with Crippen molar-refractivity contribution in [1.29, 1.82) is 0 Å². The highest BCUT2D eigenvalue weighted by Gasteiger charge is 2.41. The van der Waals surface area contributed by atoms with Gasteiger partial charge in [0.25, 0.3) is 5.24 Å². The van der Waals surface area contributed by atoms with Crippen LogP contribution < -0.4 is 5.32 Å². The largest absolute Gasteiger partial charge is 0.350 e. The molecule has 2 heterocycles. The van der Waals surface area contributed by atoms with Crippen LogP contribution in [0, 0.1) is 0 Å². The molecule has 1 N–H and O–H groups in total. The van der Waals surface area contributed by atoms with Crippen molar-refractivity contribution < 1.29 is 14.4 Å². The molecule has 0 unspecified atom stereocenters. The van der Waals surface area contributed by atoms with Gasteiger partial charge in [0.2, 0.25) is 11.8 Å². The van der Waals surface area contributed by atoms with E-state index in [9.17, 15) is 14.4 Å². The van der Waals surface area contributed by atoms with Crippen molar-refractivity contribution in [3.8, 4) is 0 Å². The summed E-state index contributed by atoms with van der Waals surface area (Å²) in [7, 11) is 0. The van der Waals surface area contributed by atoms with Crippen molar-refractivity contribution in [2.24, 2.45) is 0 Å². The molecule has 6 nitrogen and oxygen atoms in total. The number of para-hydroxylation sites is 1. The molecule has 1 aromatic heterocycles. The number of hydrogen-bond donors (Lipinski definition) is 1. The molecule has 26 heavy (non-hydrogen) atoms. The summed E-state index contributed by atoms with van der Waals surface area (Å²) in [4.78, 5) is 38.1. The van der Waals surface area contributed by atoms with E-state index < -0.39 is 0 Å². The monoisotopic (exact) mass is 371 g/mol. The van der Waals surface area contributed by atoms with Crippen LogP contribution in [0.3, 0.4) is 0 Å². The third-order valence-corrected chi connectivity index (χ3v) is 6.02. The number of fused-ring (bicyclic) bond motifs is 1. The molecule has 1 aliphatic heterocycles. The third-order valence-electron chi connectivity index (χ3n) is 5.19. The Morgan fingerprint density at radius 3 is 2.77 bits per heavy atom. The number of nitrogens with zero attached hydrogens (tertiary/aromatic N) is 2. The van der Waals surface area contributed by atoms with Gasteiger partial charge in [0.05, 0.1) is 11.8 Å². The van der Waals surface area contributed by atoms with E-state index in [1.807, 2.05) is 41.1 Å². The van der Waals surface area contributed by atoms with Crippen LogP contribution in [-0.4, -0.2) is 44.4 Å². The molecule has 0 radical (unpaired) electrons. The lowest BCUT2D eigenvalue weighted by Crippen LogP contribution is -2.55. The van der Waals surface area contributed by atoms with Crippen molar-refractivity contribution in [3.63, 3.8) is 0 Å². The van der Waals surface area contributed by atoms with Gasteiger partial charge >= 0.3 is 0 Å². The Bertz CT molecular complexity index is 847. The molecule has 0 bridgehead atoms. The minimum Gasteiger partial charge on any atom is -0.350 e. The van der Waals surface area contributed by atoms with Gasteiger partial charge < -0.3 is 9.88 Å². The molecule has 3 amide bonds. The van der Waals surface area contributed by atoms with Gasteiger partial charge in [0, 0.05) is 17.8 Å². The van der Waals surface area contributed by atoms with Gasteiger partial charge in [-0.3, -0.25) is 19.3 Å². The number of hydrogen-bond acceptors (Lipinski definition) is 4. The highest BCUT2D eigenvalue weighted by molar-refractivity contribution is 8.14. The van der Waals surface area contributed by atoms with E-state index in [0.717, 1.165) is 48.3 Å². The zero-order valence-electron chi connectivity index (χ0n) is 14.4. The van der Waals surface area contributed by atoms with Gasteiger partial charge in [-0.1, -0.05) is 42.8 Å². The summed E-state index contributed by atoms with van der Waals surface area (Å²) in [6.45, 7) is 0.230. The van der Waals surface area contributed by atoms with E-state index in [0.29, 0.717) is 0 Å². The number of carbonyl (C=O) groups is 3.